The zero-order valence-corrected chi connectivity index (χ0v) is 57.5. The van der Waals surface area contributed by atoms with Crippen LogP contribution in [0.15, 0.2) is 276 Å². The lowest BCUT2D eigenvalue weighted by molar-refractivity contribution is 0.436. The largest absolute Gasteiger partial charge is 0.468 e. The molecule has 15 aromatic rings. The van der Waals surface area contributed by atoms with Crippen molar-refractivity contribution in [1.82, 2.24) is 0 Å². The summed E-state index contributed by atoms with van der Waals surface area (Å²) in [4.78, 5) is 15.7. The van der Waals surface area contributed by atoms with Gasteiger partial charge in [0, 0.05) is 112 Å². The van der Waals surface area contributed by atoms with Gasteiger partial charge in [-0.05, 0) is 205 Å². The van der Waals surface area contributed by atoms with Crippen LogP contribution in [-0.4, -0.2) is 25.5 Å². The summed E-state index contributed by atoms with van der Waals surface area (Å²) in [6.07, 6.45) is 11.9. The molecule has 101 heavy (non-hydrogen) atoms. The van der Waals surface area contributed by atoms with Crippen molar-refractivity contribution in [2.75, 3.05) is 29.4 Å². The second-order valence-electron chi connectivity index (χ2n) is 28.8. The monoisotopic (exact) mass is 1320 g/mol. The summed E-state index contributed by atoms with van der Waals surface area (Å²) in [7, 11) is 0. The van der Waals surface area contributed by atoms with E-state index in [1.807, 2.05) is 11.3 Å². The Kier molecular flexibility index (Phi) is 13.5. The van der Waals surface area contributed by atoms with Crippen LogP contribution >= 0.6 is 11.3 Å². The van der Waals surface area contributed by atoms with Crippen LogP contribution in [0.1, 0.15) is 75.3 Å². The number of fused-ring (bicyclic) bond motifs is 15. The number of aryl methyl sites for hydroxylation is 2. The van der Waals surface area contributed by atoms with E-state index < -0.39 is 0 Å². The maximum absolute atomic E-state index is 7.53. The number of para-hydroxylation sites is 8. The summed E-state index contributed by atoms with van der Waals surface area (Å²) in [6.45, 7) is 4.04. The molecule has 2 aliphatic carbocycles. The topological polar surface area (TPSA) is 45.7 Å². The van der Waals surface area contributed by atoms with E-state index in [1.54, 1.807) is 0 Å². The van der Waals surface area contributed by atoms with Gasteiger partial charge in [-0.3, -0.25) is 0 Å². The average Bonchev–Trinajstić information content (AvgIpc) is 1.62. The number of rotatable bonds is 10. The van der Waals surface area contributed by atoms with Crippen LogP contribution in [0.25, 0.3) is 42.1 Å². The first kappa shape index (κ1) is 58.8. The van der Waals surface area contributed by atoms with Gasteiger partial charge < -0.3 is 38.2 Å². The average molecular weight is 1320 g/mol. The van der Waals surface area contributed by atoms with Gasteiger partial charge in [-0.2, -0.15) is 0 Å². The van der Waals surface area contributed by atoms with Crippen molar-refractivity contribution in [2.24, 2.45) is 0 Å². The molecule has 8 nitrogen and oxygen atoms in total. The quantitative estimate of drug-likeness (QED) is 0.126. The summed E-state index contributed by atoms with van der Waals surface area (Å²) < 4.78 is 17.5. The van der Waals surface area contributed by atoms with Gasteiger partial charge in [-0.15, -0.1) is 11.3 Å². The van der Waals surface area contributed by atoms with Crippen LogP contribution in [0.5, 0.6) is 0 Å². The van der Waals surface area contributed by atoms with Crippen LogP contribution in [0.4, 0.5) is 91.0 Å². The van der Waals surface area contributed by atoms with Crippen molar-refractivity contribution in [1.29, 1.82) is 0 Å². The van der Waals surface area contributed by atoms with E-state index >= 15 is 0 Å². The zero-order chi connectivity index (χ0) is 66.6. The fourth-order valence-corrected chi connectivity index (χ4v) is 19.8. The van der Waals surface area contributed by atoms with Crippen LogP contribution < -0.4 is 62.6 Å². The predicted octanol–water partition coefficient (Wildman–Crippen LogP) is 21.3. The van der Waals surface area contributed by atoms with E-state index in [1.165, 1.54) is 126 Å². The molecule has 0 spiro atoms. The third-order valence-corrected chi connectivity index (χ3v) is 24.2. The minimum Gasteiger partial charge on any atom is -0.468 e. The molecule has 7 heterocycles. The summed E-state index contributed by atoms with van der Waals surface area (Å²) >= 11 is 1.91. The Balaban J connectivity index is 0.849. The van der Waals surface area contributed by atoms with Crippen LogP contribution in [-0.2, 0) is 0 Å². The highest BCUT2D eigenvalue weighted by Gasteiger charge is 2.50. The Hall–Kier alpha value is -11.1. The lowest BCUT2D eigenvalue weighted by Crippen LogP contribution is -2.61. The molecule has 2 saturated carbocycles. The molecule has 4 aliphatic heterocycles. The molecule has 21 rings (SSSR count). The fraction of sp³-hybridized carbons (Fsp3) is 0.156. The van der Waals surface area contributed by atoms with Gasteiger partial charge in [-0.25, -0.2) is 0 Å². The molecular weight excluding hydrogens is 1250 g/mol. The van der Waals surface area contributed by atoms with Crippen molar-refractivity contribution in [2.45, 2.75) is 90.1 Å². The number of anilines is 16. The lowest BCUT2D eigenvalue weighted by Gasteiger charge is -2.44. The van der Waals surface area contributed by atoms with Gasteiger partial charge in [0.25, 0.3) is 13.4 Å². The summed E-state index contributed by atoms with van der Waals surface area (Å²) in [5, 5.41) is 4.66. The van der Waals surface area contributed by atoms with E-state index in [-0.39, 0.29) is 13.4 Å². The lowest BCUT2D eigenvalue weighted by atomic mass is 9.35. The predicted molar refractivity (Wildman–Crippen MR) is 427 cm³/mol. The minimum absolute atomic E-state index is 0.268. The van der Waals surface area contributed by atoms with Gasteiger partial charge in [0.05, 0.1) is 22.7 Å². The Morgan fingerprint density at radius 1 is 0.337 bits per heavy atom. The van der Waals surface area contributed by atoms with Gasteiger partial charge >= 0.3 is 0 Å². The van der Waals surface area contributed by atoms with Gasteiger partial charge in [0.1, 0.15) is 11.2 Å². The van der Waals surface area contributed by atoms with E-state index in [0.29, 0.717) is 12.1 Å². The van der Waals surface area contributed by atoms with Crippen LogP contribution in [0.2, 0.25) is 0 Å². The van der Waals surface area contributed by atoms with Crippen LogP contribution in [0, 0.1) is 13.8 Å². The first-order valence-corrected chi connectivity index (χ1v) is 37.3. The normalized spacial score (nSPS) is 15.4. The number of thiophene rings is 1. The zero-order valence-electron chi connectivity index (χ0n) is 56.7. The van der Waals surface area contributed by atoms with Gasteiger partial charge in [0.15, 0.2) is 0 Å². The molecular formula is C90H72B2N6O2S. The molecule has 0 N–H and O–H groups in total. The van der Waals surface area contributed by atoms with E-state index in [0.717, 1.165) is 116 Å². The van der Waals surface area contributed by atoms with Crippen molar-refractivity contribution < 1.29 is 8.83 Å². The second-order valence-corrected chi connectivity index (χ2v) is 29.9. The standard InChI is InChI=1S/C90H72B2N6O2S/c1-57-29-21-25-45-73(57)93(59-31-9-3-10-32-59)65-49-77-85-79(51-65)97(63-39-17-7-18-40-63)87-67-43-23-27-47-81(67)99-89(87)91(85)71-53-69-70-54-72-76(56-84(70)101-83(69)55-75(71)95(77)61-35-13-5-14-36-61)96(62-37-15-6-16-38-62)78-50-66(94(60-33-11-4-12-34-60)74-46-26-22-30-58(74)2)52-80-86(78)92(72)90-88(68-44-24-28-48-82(68)100-90)98(80)64-41-19-8-20-42-64/h5-8,13-30,35-56,59-60H,3-4,9-12,31-34H2,1-2H3. The third kappa shape index (κ3) is 9.01. The molecule has 0 saturated heterocycles. The Labute approximate surface area is 593 Å². The van der Waals surface area contributed by atoms with Crippen molar-refractivity contribution in [3.8, 4) is 0 Å². The molecule has 6 aliphatic rings. The van der Waals surface area contributed by atoms with Crippen molar-refractivity contribution in [3.05, 3.63) is 278 Å². The number of hydrogen-bond acceptors (Lipinski definition) is 9. The molecule has 0 radical (unpaired) electrons. The Morgan fingerprint density at radius 3 is 1.06 bits per heavy atom. The molecule has 2 fully saturated rings. The maximum Gasteiger partial charge on any atom is 0.297 e. The summed E-state index contributed by atoms with van der Waals surface area (Å²) in [5.41, 5.74) is 29.7. The van der Waals surface area contributed by atoms with Crippen LogP contribution in [0.3, 0.4) is 0 Å². The Bertz CT molecular complexity index is 5450. The van der Waals surface area contributed by atoms with E-state index in [4.69, 9.17) is 8.83 Å². The van der Waals surface area contributed by atoms with Gasteiger partial charge in [-0.1, -0.05) is 184 Å². The molecule has 0 bridgehead atoms. The number of furan rings is 2. The minimum atomic E-state index is -0.268. The number of nitrogens with zero attached hydrogens (tertiary/aromatic N) is 6. The summed E-state index contributed by atoms with van der Waals surface area (Å²) in [6, 6.07) is 101. The smallest absolute Gasteiger partial charge is 0.297 e. The molecule has 0 atom stereocenters. The first-order chi connectivity index (χ1) is 50.0. The number of benzene rings is 12. The van der Waals surface area contributed by atoms with E-state index in [2.05, 4.69) is 310 Å². The van der Waals surface area contributed by atoms with Crippen molar-refractivity contribution >= 4 is 191 Å². The Morgan fingerprint density at radius 2 is 0.673 bits per heavy atom. The SMILES string of the molecule is Cc1ccccc1N(c1cc2c3c(c1)N(c1ccccc1)c1c(oc4ccccc14)B3c1cc3c(cc1N2c1ccccc1)sc1cc2c(cc13)B1c3oc4ccccc4c3N(c3ccccc3)c3cc(N(c4ccccc4C)C4CCCCC4)cc(c31)N2c1ccccc1)C1CCCCC1. The highest BCUT2D eigenvalue weighted by atomic mass is 32.1. The first-order valence-electron chi connectivity index (χ1n) is 36.5. The van der Waals surface area contributed by atoms with Gasteiger partial charge in [0.2, 0.25) is 0 Å². The van der Waals surface area contributed by atoms with Crippen molar-refractivity contribution in [3.63, 3.8) is 0 Å². The summed E-state index contributed by atoms with van der Waals surface area (Å²) in [5.74, 6) is 0. The highest BCUT2D eigenvalue weighted by molar-refractivity contribution is 7.26. The highest BCUT2D eigenvalue weighted by Crippen LogP contribution is 2.54. The molecule has 11 heteroatoms. The third-order valence-electron chi connectivity index (χ3n) is 23.1. The fourth-order valence-electron chi connectivity index (χ4n) is 18.7. The molecule has 0 amide bonds. The second kappa shape index (κ2) is 23.2. The molecule has 3 aromatic heterocycles. The molecule has 0 unspecified atom stereocenters. The van der Waals surface area contributed by atoms with E-state index in [9.17, 15) is 0 Å². The molecule has 12 aromatic carbocycles. The molecule has 486 valence electrons. The maximum atomic E-state index is 7.53. The number of hydrogen-bond donors (Lipinski definition) is 0.